The predicted molar refractivity (Wildman–Crippen MR) is 43.1 cm³/mol. The molecule has 6 heteroatoms. The number of nitrogen functional groups attached to an aromatic ring is 1. The highest BCUT2D eigenvalue weighted by Crippen LogP contribution is 2.15. The number of rotatable bonds is 1. The van der Waals surface area contributed by atoms with Crippen molar-refractivity contribution in [3.05, 3.63) is 29.7 Å². The fourth-order valence-electron chi connectivity index (χ4n) is 0.932. The maximum absolute atomic E-state index is 10.9. The fraction of sp³-hybridized carbons (Fsp3) is 0. The average Bonchev–Trinajstić information content (AvgIpc) is 2.52. The first-order valence-corrected chi connectivity index (χ1v) is 3.54. The smallest absolute Gasteiger partial charge is 0.313 e. The van der Waals surface area contributed by atoms with Crippen molar-refractivity contribution in [2.45, 2.75) is 0 Å². The van der Waals surface area contributed by atoms with E-state index in [-0.39, 0.29) is 11.9 Å². The van der Waals surface area contributed by atoms with Gasteiger partial charge in [-0.3, -0.25) is 0 Å². The fourth-order valence-corrected chi connectivity index (χ4v) is 0.932. The Balaban J connectivity index is 2.46. The Morgan fingerprint density at radius 3 is 2.92 bits per heavy atom. The summed E-state index contributed by atoms with van der Waals surface area (Å²) in [6.45, 7) is 0. The molecule has 0 aliphatic rings. The molecule has 66 valence electrons. The number of pyridine rings is 1. The van der Waals surface area contributed by atoms with Crippen molar-refractivity contribution < 1.29 is 9.15 Å². The van der Waals surface area contributed by atoms with E-state index in [0.29, 0.717) is 10.3 Å². The summed E-state index contributed by atoms with van der Waals surface area (Å²) in [5.41, 5.74) is 5.77. The SMILES string of the molecule is Nc1nnc(-c2ccc[n+]([O-])c2)o1. The lowest BCUT2D eigenvalue weighted by atomic mass is 10.3. The number of hydrogen-bond acceptors (Lipinski definition) is 5. The van der Waals surface area contributed by atoms with Crippen molar-refractivity contribution in [1.82, 2.24) is 10.2 Å². The third kappa shape index (κ3) is 1.41. The Morgan fingerprint density at radius 1 is 1.46 bits per heavy atom. The lowest BCUT2D eigenvalue weighted by molar-refractivity contribution is -0.604. The molecule has 0 fully saturated rings. The van der Waals surface area contributed by atoms with Gasteiger partial charge in [0.25, 0.3) is 5.89 Å². The van der Waals surface area contributed by atoms with Gasteiger partial charge in [-0.05, 0) is 6.07 Å². The van der Waals surface area contributed by atoms with Gasteiger partial charge in [-0.25, -0.2) is 0 Å². The Kier molecular flexibility index (Phi) is 1.59. The van der Waals surface area contributed by atoms with Gasteiger partial charge in [-0.1, -0.05) is 5.10 Å². The topological polar surface area (TPSA) is 91.9 Å². The van der Waals surface area contributed by atoms with Crippen molar-refractivity contribution in [2.24, 2.45) is 0 Å². The summed E-state index contributed by atoms with van der Waals surface area (Å²) in [5, 5.41) is 18.0. The summed E-state index contributed by atoms with van der Waals surface area (Å²) >= 11 is 0. The Labute approximate surface area is 73.2 Å². The highest BCUT2D eigenvalue weighted by Gasteiger charge is 2.08. The summed E-state index contributed by atoms with van der Waals surface area (Å²) in [6.07, 6.45) is 2.69. The van der Waals surface area contributed by atoms with E-state index in [9.17, 15) is 5.21 Å². The van der Waals surface area contributed by atoms with Crippen LogP contribution in [-0.4, -0.2) is 10.2 Å². The summed E-state index contributed by atoms with van der Waals surface area (Å²) in [4.78, 5) is 0. The van der Waals surface area contributed by atoms with E-state index in [1.807, 2.05) is 0 Å². The van der Waals surface area contributed by atoms with Crippen molar-refractivity contribution in [2.75, 3.05) is 5.73 Å². The molecule has 0 aliphatic carbocycles. The van der Waals surface area contributed by atoms with Crippen LogP contribution in [0.15, 0.2) is 28.9 Å². The average molecular weight is 178 g/mol. The normalized spacial score (nSPS) is 10.2. The molecule has 0 atom stereocenters. The lowest BCUT2D eigenvalue weighted by Crippen LogP contribution is -2.23. The lowest BCUT2D eigenvalue weighted by Gasteiger charge is -1.95. The van der Waals surface area contributed by atoms with Gasteiger partial charge in [0, 0.05) is 6.07 Å². The first kappa shape index (κ1) is 7.53. The minimum atomic E-state index is -0.0173. The molecule has 0 unspecified atom stereocenters. The zero-order valence-electron chi connectivity index (χ0n) is 6.54. The van der Waals surface area contributed by atoms with Crippen LogP contribution in [0.1, 0.15) is 0 Å². The molecule has 0 bridgehead atoms. The molecule has 0 aliphatic heterocycles. The second-order valence-corrected chi connectivity index (χ2v) is 2.40. The number of anilines is 1. The number of nitrogens with zero attached hydrogens (tertiary/aromatic N) is 3. The van der Waals surface area contributed by atoms with Gasteiger partial charge in [0.2, 0.25) is 0 Å². The third-order valence-electron chi connectivity index (χ3n) is 1.46. The van der Waals surface area contributed by atoms with Crippen LogP contribution in [0.25, 0.3) is 11.5 Å². The highest BCUT2D eigenvalue weighted by atomic mass is 16.5. The zero-order chi connectivity index (χ0) is 9.26. The monoisotopic (exact) mass is 178 g/mol. The predicted octanol–water partition coefficient (Wildman–Crippen LogP) is -0.0478. The van der Waals surface area contributed by atoms with Crippen LogP contribution < -0.4 is 10.5 Å². The van der Waals surface area contributed by atoms with E-state index in [2.05, 4.69) is 10.2 Å². The molecule has 13 heavy (non-hydrogen) atoms. The van der Waals surface area contributed by atoms with Crippen LogP contribution in [0, 0.1) is 5.21 Å². The van der Waals surface area contributed by atoms with Gasteiger partial charge in [-0.15, -0.1) is 5.10 Å². The third-order valence-corrected chi connectivity index (χ3v) is 1.46. The summed E-state index contributed by atoms with van der Waals surface area (Å²) in [6, 6.07) is 3.25. The van der Waals surface area contributed by atoms with Gasteiger partial charge >= 0.3 is 6.01 Å². The van der Waals surface area contributed by atoms with Gasteiger partial charge in [-0.2, -0.15) is 4.73 Å². The minimum Gasteiger partial charge on any atom is -0.619 e. The largest absolute Gasteiger partial charge is 0.619 e. The van der Waals surface area contributed by atoms with Crippen LogP contribution in [0.5, 0.6) is 0 Å². The maximum Gasteiger partial charge on any atom is 0.313 e. The van der Waals surface area contributed by atoms with E-state index in [1.54, 1.807) is 12.1 Å². The minimum absolute atomic E-state index is 0.0173. The molecule has 2 N–H and O–H groups in total. The van der Waals surface area contributed by atoms with E-state index in [1.165, 1.54) is 12.4 Å². The number of nitrogens with two attached hydrogens (primary N) is 1. The summed E-state index contributed by atoms with van der Waals surface area (Å²) < 4.78 is 5.58. The molecular formula is C7H6N4O2. The molecular weight excluding hydrogens is 172 g/mol. The van der Waals surface area contributed by atoms with Crippen LogP contribution in [0.2, 0.25) is 0 Å². The summed E-state index contributed by atoms with van der Waals surface area (Å²) in [5.74, 6) is 0.239. The molecule has 2 heterocycles. The van der Waals surface area contributed by atoms with Gasteiger partial charge in [0.1, 0.15) is 5.56 Å². The van der Waals surface area contributed by atoms with Crippen molar-refractivity contribution in [1.29, 1.82) is 0 Å². The highest BCUT2D eigenvalue weighted by molar-refractivity contribution is 5.49. The van der Waals surface area contributed by atoms with E-state index >= 15 is 0 Å². The Hall–Kier alpha value is -2.11. The van der Waals surface area contributed by atoms with E-state index in [0.717, 1.165) is 0 Å². The first-order valence-electron chi connectivity index (χ1n) is 3.54. The second-order valence-electron chi connectivity index (χ2n) is 2.40. The van der Waals surface area contributed by atoms with Crippen molar-refractivity contribution in [3.8, 4) is 11.5 Å². The standard InChI is InChI=1S/C7H6N4O2/c8-7-10-9-6(13-7)5-2-1-3-11(12)4-5/h1-4H,(H2,8,10). The van der Waals surface area contributed by atoms with Crippen LogP contribution in [0.4, 0.5) is 6.01 Å². The molecule has 0 spiro atoms. The Bertz CT molecular complexity index is 426. The summed E-state index contributed by atoms with van der Waals surface area (Å²) in [7, 11) is 0. The molecule has 6 nitrogen and oxygen atoms in total. The molecule has 2 aromatic heterocycles. The van der Waals surface area contributed by atoms with Gasteiger partial charge < -0.3 is 15.4 Å². The van der Waals surface area contributed by atoms with Crippen LogP contribution in [-0.2, 0) is 0 Å². The molecule has 0 aromatic carbocycles. The van der Waals surface area contributed by atoms with Gasteiger partial charge in [0.15, 0.2) is 12.4 Å². The van der Waals surface area contributed by atoms with Crippen LogP contribution >= 0.6 is 0 Å². The first-order chi connectivity index (χ1) is 6.25. The van der Waals surface area contributed by atoms with Crippen LogP contribution in [0.3, 0.4) is 0 Å². The number of hydrogen-bond donors (Lipinski definition) is 1. The molecule has 2 aromatic rings. The maximum atomic E-state index is 10.9. The Morgan fingerprint density at radius 2 is 2.31 bits per heavy atom. The molecule has 0 amide bonds. The van der Waals surface area contributed by atoms with Gasteiger partial charge in [0.05, 0.1) is 0 Å². The van der Waals surface area contributed by atoms with E-state index < -0.39 is 0 Å². The zero-order valence-corrected chi connectivity index (χ0v) is 6.54. The van der Waals surface area contributed by atoms with E-state index in [4.69, 9.17) is 10.2 Å². The molecule has 2 rings (SSSR count). The van der Waals surface area contributed by atoms with Crippen molar-refractivity contribution in [3.63, 3.8) is 0 Å². The molecule has 0 radical (unpaired) electrons. The second kappa shape index (κ2) is 2.74. The number of aromatic nitrogens is 3. The molecule has 0 saturated carbocycles. The molecule has 0 saturated heterocycles. The quantitative estimate of drug-likeness (QED) is 0.488. The van der Waals surface area contributed by atoms with Crippen molar-refractivity contribution >= 4 is 6.01 Å².